The second-order valence-electron chi connectivity index (χ2n) is 8.12. The molecule has 2 heterocycles. The summed E-state index contributed by atoms with van der Waals surface area (Å²) in [7, 11) is 0. The van der Waals surface area contributed by atoms with Crippen molar-refractivity contribution in [1.82, 2.24) is 20.2 Å². The summed E-state index contributed by atoms with van der Waals surface area (Å²) >= 11 is 0. The zero-order chi connectivity index (χ0) is 19.3. The van der Waals surface area contributed by atoms with Crippen LogP contribution in [-0.4, -0.2) is 59.5 Å². The molecule has 7 nitrogen and oxygen atoms in total. The third kappa shape index (κ3) is 4.05. The van der Waals surface area contributed by atoms with Gasteiger partial charge in [0.25, 0.3) is 0 Å². The Hall–Kier alpha value is -1.99. The van der Waals surface area contributed by atoms with E-state index in [9.17, 15) is 0 Å². The molecule has 2 aromatic rings. The minimum absolute atomic E-state index is 0.185. The van der Waals surface area contributed by atoms with Crippen LogP contribution in [0, 0.1) is 0 Å². The molecule has 2 N–H and O–H groups in total. The molecule has 1 aliphatic carbocycles. The number of piperazine rings is 1. The van der Waals surface area contributed by atoms with E-state index in [2.05, 4.69) is 51.4 Å². The number of quaternary nitrogens is 2. The van der Waals surface area contributed by atoms with Gasteiger partial charge in [0.2, 0.25) is 5.82 Å². The molecule has 7 heteroatoms. The summed E-state index contributed by atoms with van der Waals surface area (Å²) in [6.45, 7) is 10.9. The SMILES string of the molecule is CCOc1ccc([C@@H](c2nnnn2C2CCCC2)[NH+]2CC[NH+](CC)CC2)cc1. The highest BCUT2D eigenvalue weighted by molar-refractivity contribution is 5.30. The molecule has 0 unspecified atom stereocenters. The number of tetrazole rings is 1. The van der Waals surface area contributed by atoms with Crippen LogP contribution in [0.1, 0.15) is 63.0 Å². The maximum absolute atomic E-state index is 5.65. The maximum atomic E-state index is 5.65. The molecule has 1 saturated carbocycles. The highest BCUT2D eigenvalue weighted by Gasteiger charge is 2.36. The Morgan fingerprint density at radius 1 is 1.07 bits per heavy atom. The van der Waals surface area contributed by atoms with Gasteiger partial charge in [-0.25, -0.2) is 4.68 Å². The fourth-order valence-electron chi connectivity index (χ4n) is 4.86. The summed E-state index contributed by atoms with van der Waals surface area (Å²) in [5.74, 6) is 1.96. The number of benzene rings is 1. The first-order valence-corrected chi connectivity index (χ1v) is 11.0. The number of aromatic nitrogens is 4. The first-order chi connectivity index (χ1) is 13.8. The monoisotopic (exact) mass is 386 g/mol. The Morgan fingerprint density at radius 3 is 2.43 bits per heavy atom. The van der Waals surface area contributed by atoms with E-state index in [1.54, 1.807) is 9.80 Å². The van der Waals surface area contributed by atoms with Crippen LogP contribution in [0.5, 0.6) is 5.75 Å². The van der Waals surface area contributed by atoms with Crippen LogP contribution in [0.3, 0.4) is 0 Å². The van der Waals surface area contributed by atoms with E-state index >= 15 is 0 Å². The third-order valence-electron chi connectivity index (χ3n) is 6.48. The normalized spacial score (nSPS) is 24.4. The van der Waals surface area contributed by atoms with E-state index in [4.69, 9.17) is 4.74 Å². The Morgan fingerprint density at radius 2 is 1.79 bits per heavy atom. The molecule has 2 fully saturated rings. The molecule has 152 valence electrons. The second-order valence-corrected chi connectivity index (χ2v) is 8.12. The second kappa shape index (κ2) is 9.01. The minimum atomic E-state index is 0.185. The maximum Gasteiger partial charge on any atom is 0.214 e. The largest absolute Gasteiger partial charge is 0.494 e. The van der Waals surface area contributed by atoms with Crippen molar-refractivity contribution in [3.8, 4) is 5.75 Å². The van der Waals surface area contributed by atoms with E-state index in [0.717, 1.165) is 24.7 Å². The molecule has 0 radical (unpaired) electrons. The lowest BCUT2D eigenvalue weighted by molar-refractivity contribution is -1.02. The van der Waals surface area contributed by atoms with Crippen molar-refractivity contribution in [1.29, 1.82) is 0 Å². The molecule has 1 saturated heterocycles. The zero-order valence-corrected chi connectivity index (χ0v) is 17.2. The Balaban J connectivity index is 1.65. The summed E-state index contributed by atoms with van der Waals surface area (Å²) in [6.07, 6.45) is 4.94. The molecule has 2 aliphatic rings. The van der Waals surface area contributed by atoms with Crippen LogP contribution in [0.2, 0.25) is 0 Å². The lowest BCUT2D eigenvalue weighted by Gasteiger charge is -2.34. The summed E-state index contributed by atoms with van der Waals surface area (Å²) in [4.78, 5) is 3.28. The molecular weight excluding hydrogens is 352 g/mol. The van der Waals surface area contributed by atoms with Crippen LogP contribution in [0.4, 0.5) is 0 Å². The van der Waals surface area contributed by atoms with Gasteiger partial charge in [-0.1, -0.05) is 12.8 Å². The van der Waals surface area contributed by atoms with Gasteiger partial charge < -0.3 is 14.5 Å². The van der Waals surface area contributed by atoms with Gasteiger partial charge in [-0.3, -0.25) is 0 Å². The molecule has 1 aromatic heterocycles. The summed E-state index contributed by atoms with van der Waals surface area (Å²) in [5, 5.41) is 13.1. The molecule has 0 spiro atoms. The molecule has 1 atom stereocenters. The topological polar surface area (TPSA) is 61.7 Å². The highest BCUT2D eigenvalue weighted by atomic mass is 16.5. The number of ether oxygens (including phenoxy) is 1. The van der Waals surface area contributed by atoms with E-state index < -0.39 is 0 Å². The zero-order valence-electron chi connectivity index (χ0n) is 17.2. The van der Waals surface area contributed by atoms with Gasteiger partial charge in [0.05, 0.1) is 19.2 Å². The van der Waals surface area contributed by atoms with Gasteiger partial charge in [0.15, 0.2) is 6.04 Å². The van der Waals surface area contributed by atoms with E-state index in [-0.39, 0.29) is 6.04 Å². The average molecular weight is 387 g/mol. The number of hydrogen-bond donors (Lipinski definition) is 2. The highest BCUT2D eigenvalue weighted by Crippen LogP contribution is 2.31. The van der Waals surface area contributed by atoms with Crippen LogP contribution < -0.4 is 14.5 Å². The average Bonchev–Trinajstić information content (AvgIpc) is 3.42. The Bertz CT molecular complexity index is 732. The Kier molecular flexibility index (Phi) is 6.22. The van der Waals surface area contributed by atoms with Crippen molar-refractivity contribution < 1.29 is 14.5 Å². The first kappa shape index (κ1) is 19.3. The van der Waals surface area contributed by atoms with Crippen molar-refractivity contribution in [2.45, 2.75) is 51.6 Å². The van der Waals surface area contributed by atoms with E-state index in [1.165, 1.54) is 50.9 Å². The molecule has 4 rings (SSSR count). The van der Waals surface area contributed by atoms with Crippen LogP contribution in [0.25, 0.3) is 0 Å². The van der Waals surface area contributed by atoms with Gasteiger partial charge in [-0.2, -0.15) is 0 Å². The van der Waals surface area contributed by atoms with Crippen molar-refractivity contribution in [3.05, 3.63) is 35.7 Å². The van der Waals surface area contributed by atoms with Crippen molar-refractivity contribution in [2.24, 2.45) is 0 Å². The molecule has 28 heavy (non-hydrogen) atoms. The summed E-state index contributed by atoms with van der Waals surface area (Å²) in [5.41, 5.74) is 1.28. The van der Waals surface area contributed by atoms with E-state index in [0.29, 0.717) is 12.6 Å². The Labute approximate surface area is 167 Å². The van der Waals surface area contributed by atoms with Crippen molar-refractivity contribution in [3.63, 3.8) is 0 Å². The number of nitrogens with zero attached hydrogens (tertiary/aromatic N) is 4. The van der Waals surface area contributed by atoms with Gasteiger partial charge >= 0.3 is 0 Å². The van der Waals surface area contributed by atoms with Gasteiger partial charge in [0, 0.05) is 5.56 Å². The predicted octanol–water partition coefficient (Wildman–Crippen LogP) is 0.0796. The number of hydrogen-bond acceptors (Lipinski definition) is 4. The van der Waals surface area contributed by atoms with Crippen LogP contribution >= 0.6 is 0 Å². The predicted molar refractivity (Wildman–Crippen MR) is 107 cm³/mol. The third-order valence-corrected chi connectivity index (χ3v) is 6.48. The van der Waals surface area contributed by atoms with Crippen LogP contribution in [0.15, 0.2) is 24.3 Å². The fourth-order valence-corrected chi connectivity index (χ4v) is 4.86. The van der Waals surface area contributed by atoms with Gasteiger partial charge in [0.1, 0.15) is 31.9 Å². The van der Waals surface area contributed by atoms with Crippen molar-refractivity contribution >= 4 is 0 Å². The fraction of sp³-hybridized carbons (Fsp3) is 0.667. The minimum Gasteiger partial charge on any atom is -0.494 e. The molecular formula is C21H34N6O+2. The van der Waals surface area contributed by atoms with E-state index in [1.807, 2.05) is 6.92 Å². The molecule has 1 aliphatic heterocycles. The van der Waals surface area contributed by atoms with Crippen molar-refractivity contribution in [2.75, 3.05) is 39.3 Å². The lowest BCUT2D eigenvalue weighted by atomic mass is 10.0. The molecule has 1 aromatic carbocycles. The summed E-state index contributed by atoms with van der Waals surface area (Å²) in [6, 6.07) is 9.22. The molecule has 0 bridgehead atoms. The smallest absolute Gasteiger partial charge is 0.214 e. The van der Waals surface area contributed by atoms with Gasteiger partial charge in [-0.05, 0) is 61.4 Å². The standard InChI is InChI=1S/C21H32N6O/c1-3-25-13-15-26(16-14-25)20(17-9-11-19(12-10-17)28-4-2)21-22-23-24-27(21)18-7-5-6-8-18/h9-12,18,20H,3-8,13-16H2,1-2H3/p+2/t20-/m0/s1. The lowest BCUT2D eigenvalue weighted by Crippen LogP contribution is -3.28. The number of rotatable bonds is 7. The quantitative estimate of drug-likeness (QED) is 0.708. The molecule has 0 amide bonds. The summed E-state index contributed by atoms with van der Waals surface area (Å²) < 4.78 is 7.79. The first-order valence-electron chi connectivity index (χ1n) is 11.0. The van der Waals surface area contributed by atoms with Crippen LogP contribution in [-0.2, 0) is 0 Å². The number of nitrogens with one attached hydrogen (secondary N) is 2. The number of likely N-dealkylation sites (N-methyl/N-ethyl adjacent to an activating group) is 1. The van der Waals surface area contributed by atoms with Gasteiger partial charge in [-0.15, -0.1) is 5.10 Å².